The lowest BCUT2D eigenvalue weighted by Crippen LogP contribution is -2.51. The predicted octanol–water partition coefficient (Wildman–Crippen LogP) is 0.628. The van der Waals surface area contributed by atoms with E-state index in [1.807, 2.05) is 0 Å². The number of carbonyl (C=O) groups is 1. The van der Waals surface area contributed by atoms with Gasteiger partial charge >= 0.3 is 17.6 Å². The van der Waals surface area contributed by atoms with Crippen LogP contribution in [0.4, 0.5) is 0 Å². The summed E-state index contributed by atoms with van der Waals surface area (Å²) in [5.41, 5.74) is 0. The first-order chi connectivity index (χ1) is 8.62. The Kier molecular flexibility index (Phi) is 5.30. The minimum absolute atomic E-state index is 0.269. The summed E-state index contributed by atoms with van der Waals surface area (Å²) < 4.78 is 17.9. The lowest BCUT2D eigenvalue weighted by atomic mass is 10.2. The van der Waals surface area contributed by atoms with E-state index >= 15 is 0 Å². The van der Waals surface area contributed by atoms with Gasteiger partial charge in [-0.3, -0.25) is 0 Å². The lowest BCUT2D eigenvalue weighted by Gasteiger charge is -2.26. The van der Waals surface area contributed by atoms with Gasteiger partial charge in [0.25, 0.3) is 0 Å². The molecule has 1 rings (SSSR count). The molecule has 1 aromatic rings. The van der Waals surface area contributed by atoms with E-state index in [9.17, 15) is 4.79 Å². The number of nitrogens with zero attached hydrogens (tertiary/aromatic N) is 1. The zero-order valence-electron chi connectivity index (χ0n) is 11.4. The normalized spacial score (nSPS) is 11.6. The fourth-order valence-electron chi connectivity index (χ4n) is 1.76. The minimum Gasteiger partial charge on any atom is -0.461 e. The van der Waals surface area contributed by atoms with Crippen LogP contribution < -0.4 is 4.57 Å². The molecule has 102 valence electrons. The molecule has 0 unspecified atom stereocenters. The quantitative estimate of drug-likeness (QED) is 0.442. The molecule has 0 spiro atoms. The molecule has 0 saturated carbocycles. The van der Waals surface area contributed by atoms with Gasteiger partial charge in [0.05, 0.1) is 13.7 Å². The molecule has 0 saturated heterocycles. The first kappa shape index (κ1) is 14.7. The van der Waals surface area contributed by atoms with E-state index < -0.39 is 11.8 Å². The van der Waals surface area contributed by atoms with Crippen LogP contribution >= 0.6 is 0 Å². The average molecular weight is 257 g/mol. The van der Waals surface area contributed by atoms with Crippen LogP contribution in [0.2, 0.25) is 0 Å². The number of imidazole rings is 1. The van der Waals surface area contributed by atoms with E-state index in [4.69, 9.17) is 14.2 Å². The smallest absolute Gasteiger partial charge is 0.380 e. The summed E-state index contributed by atoms with van der Waals surface area (Å²) in [7, 11) is 1.80. The molecule has 1 heterocycles. The number of aromatic nitrogens is 2. The first-order valence-electron chi connectivity index (χ1n) is 6.10. The van der Waals surface area contributed by atoms with Crippen LogP contribution in [0, 0.1) is 0 Å². The molecule has 6 nitrogen and oxygen atoms in total. The second-order valence-corrected chi connectivity index (χ2v) is 3.62. The van der Waals surface area contributed by atoms with Crippen molar-refractivity contribution in [2.75, 3.05) is 19.8 Å². The molecular weight excluding hydrogens is 236 g/mol. The Hall–Kier alpha value is -1.40. The van der Waals surface area contributed by atoms with E-state index in [2.05, 4.69) is 4.98 Å². The molecule has 0 atom stereocenters. The van der Waals surface area contributed by atoms with Crippen LogP contribution in [0.3, 0.4) is 0 Å². The number of nitrogens with one attached hydrogen (secondary N) is 1. The highest BCUT2D eigenvalue weighted by Gasteiger charge is 2.52. The van der Waals surface area contributed by atoms with Crippen molar-refractivity contribution in [2.45, 2.75) is 26.6 Å². The number of aryl methyl sites for hydroxylation is 1. The van der Waals surface area contributed by atoms with Crippen LogP contribution in [0.25, 0.3) is 0 Å². The number of esters is 1. The van der Waals surface area contributed by atoms with Gasteiger partial charge in [-0.25, -0.2) is 14.3 Å². The number of carbonyl (C=O) groups excluding carboxylic acids is 1. The third-order valence-corrected chi connectivity index (χ3v) is 2.42. The maximum atomic E-state index is 12.2. The SMILES string of the molecule is CCOC(=O)C(OCC)(OCC)c1[nH]cc[n+]1C. The van der Waals surface area contributed by atoms with Gasteiger partial charge < -0.3 is 14.2 Å². The van der Waals surface area contributed by atoms with Crippen molar-refractivity contribution in [3.63, 3.8) is 0 Å². The molecule has 0 amide bonds. The first-order valence-corrected chi connectivity index (χ1v) is 6.10. The number of ether oxygens (including phenoxy) is 3. The van der Waals surface area contributed by atoms with Crippen molar-refractivity contribution in [3.8, 4) is 0 Å². The highest BCUT2D eigenvalue weighted by atomic mass is 16.7. The summed E-state index contributed by atoms with van der Waals surface area (Å²) >= 11 is 0. The molecule has 0 aromatic carbocycles. The van der Waals surface area contributed by atoms with Gasteiger partial charge in [-0.05, 0) is 20.8 Å². The van der Waals surface area contributed by atoms with Crippen molar-refractivity contribution in [1.82, 2.24) is 4.98 Å². The van der Waals surface area contributed by atoms with E-state index in [1.165, 1.54) is 0 Å². The number of hydrogen-bond acceptors (Lipinski definition) is 4. The third kappa shape index (κ3) is 2.70. The molecule has 0 fully saturated rings. The molecule has 6 heteroatoms. The fraction of sp³-hybridized carbons (Fsp3) is 0.667. The van der Waals surface area contributed by atoms with Crippen molar-refractivity contribution in [3.05, 3.63) is 18.2 Å². The van der Waals surface area contributed by atoms with Gasteiger partial charge in [-0.1, -0.05) is 0 Å². The largest absolute Gasteiger partial charge is 0.461 e. The summed E-state index contributed by atoms with van der Waals surface area (Å²) in [6.07, 6.45) is 3.49. The Balaban J connectivity index is 3.20. The Labute approximate surface area is 107 Å². The maximum absolute atomic E-state index is 12.2. The van der Waals surface area contributed by atoms with Crippen LogP contribution in [0.15, 0.2) is 12.4 Å². The summed E-state index contributed by atoms with van der Waals surface area (Å²) in [4.78, 5) is 15.2. The Bertz CT molecular complexity index is 383. The van der Waals surface area contributed by atoms with E-state index in [-0.39, 0.29) is 6.61 Å². The van der Waals surface area contributed by atoms with Crippen molar-refractivity contribution >= 4 is 5.97 Å². The van der Waals surface area contributed by atoms with Crippen molar-refractivity contribution in [2.24, 2.45) is 7.05 Å². The molecule has 1 aromatic heterocycles. The van der Waals surface area contributed by atoms with Gasteiger partial charge in [0.2, 0.25) is 0 Å². The number of aromatic amines is 1. The summed E-state index contributed by atoms with van der Waals surface area (Å²) in [6, 6.07) is 0. The van der Waals surface area contributed by atoms with Gasteiger partial charge in [-0.2, -0.15) is 0 Å². The van der Waals surface area contributed by atoms with Crippen molar-refractivity contribution in [1.29, 1.82) is 0 Å². The maximum Gasteiger partial charge on any atom is 0.380 e. The molecule has 0 bridgehead atoms. The molecule has 0 aliphatic rings. The zero-order chi connectivity index (χ0) is 13.6. The highest BCUT2D eigenvalue weighted by Crippen LogP contribution is 2.25. The zero-order valence-corrected chi connectivity index (χ0v) is 11.4. The lowest BCUT2D eigenvalue weighted by molar-refractivity contribution is -0.689. The standard InChI is InChI=1S/C12H20N2O4/c1-5-16-11(15)12(17-6-2,18-7-3)10-13-8-9-14(10)4/h8-9H,5-7H2,1-4H3/p+1. The van der Waals surface area contributed by atoms with Gasteiger partial charge in [0, 0.05) is 13.2 Å². The predicted molar refractivity (Wildman–Crippen MR) is 63.5 cm³/mol. The molecule has 0 radical (unpaired) electrons. The minimum atomic E-state index is -1.53. The molecular formula is C12H21N2O4+. The average Bonchev–Trinajstić information content (AvgIpc) is 2.75. The summed E-state index contributed by atoms with van der Waals surface area (Å²) in [6.45, 7) is 6.28. The molecule has 1 N–H and O–H groups in total. The summed E-state index contributed by atoms with van der Waals surface area (Å²) in [5, 5.41) is 0. The van der Waals surface area contributed by atoms with Crippen LogP contribution in [-0.4, -0.2) is 30.8 Å². The van der Waals surface area contributed by atoms with Crippen LogP contribution in [0.5, 0.6) is 0 Å². The Morgan fingerprint density at radius 3 is 2.28 bits per heavy atom. The Morgan fingerprint density at radius 1 is 1.28 bits per heavy atom. The van der Waals surface area contributed by atoms with Gasteiger partial charge in [-0.15, -0.1) is 0 Å². The number of rotatable bonds is 7. The monoisotopic (exact) mass is 257 g/mol. The van der Waals surface area contributed by atoms with Crippen LogP contribution in [-0.2, 0) is 31.8 Å². The molecule has 0 aliphatic carbocycles. The number of hydrogen-bond donors (Lipinski definition) is 1. The Morgan fingerprint density at radius 2 is 1.89 bits per heavy atom. The molecule has 18 heavy (non-hydrogen) atoms. The van der Waals surface area contributed by atoms with E-state index in [1.54, 1.807) is 44.8 Å². The number of H-pyrrole nitrogens is 1. The topological polar surface area (TPSA) is 64.4 Å². The van der Waals surface area contributed by atoms with E-state index in [0.717, 1.165) is 0 Å². The van der Waals surface area contributed by atoms with Gasteiger partial charge in [0.1, 0.15) is 12.4 Å². The highest BCUT2D eigenvalue weighted by molar-refractivity contribution is 5.78. The van der Waals surface area contributed by atoms with Crippen molar-refractivity contribution < 1.29 is 23.6 Å². The van der Waals surface area contributed by atoms with E-state index in [0.29, 0.717) is 19.0 Å². The fourth-order valence-corrected chi connectivity index (χ4v) is 1.76. The second-order valence-electron chi connectivity index (χ2n) is 3.62. The van der Waals surface area contributed by atoms with Gasteiger partial charge in [0.15, 0.2) is 0 Å². The second kappa shape index (κ2) is 6.51. The summed E-state index contributed by atoms with van der Waals surface area (Å²) in [5.74, 6) is -1.57. The third-order valence-electron chi connectivity index (χ3n) is 2.42. The molecule has 0 aliphatic heterocycles. The van der Waals surface area contributed by atoms with Crippen LogP contribution in [0.1, 0.15) is 26.6 Å².